The highest BCUT2D eigenvalue weighted by molar-refractivity contribution is 5.66. The highest BCUT2D eigenvalue weighted by atomic mass is 16.5. The fourth-order valence-corrected chi connectivity index (χ4v) is 3.02. The van der Waals surface area contributed by atoms with E-state index in [1.54, 1.807) is 44.9 Å². The van der Waals surface area contributed by atoms with Crippen molar-refractivity contribution < 1.29 is 13.9 Å². The highest BCUT2D eigenvalue weighted by Gasteiger charge is 2.11. The second-order valence-electron chi connectivity index (χ2n) is 6.36. The Morgan fingerprint density at radius 2 is 1.83 bits per heavy atom. The molecule has 1 N–H and O–H groups in total. The molecule has 0 fully saturated rings. The molecule has 0 aliphatic heterocycles. The SMILES string of the molecule is COc1cc(Cc2ncc(-c3ccnc(-c4ccc[nH]c4=O)c3)o2)cc(OC)c1. The number of H-pyrrole nitrogens is 1. The molecule has 0 amide bonds. The summed E-state index contributed by atoms with van der Waals surface area (Å²) in [5, 5.41) is 0. The van der Waals surface area contributed by atoms with Gasteiger partial charge in [0.05, 0.1) is 31.7 Å². The maximum atomic E-state index is 12.0. The highest BCUT2D eigenvalue weighted by Crippen LogP contribution is 2.27. The molecule has 0 unspecified atom stereocenters. The topological polar surface area (TPSA) is 90.2 Å². The Kier molecular flexibility index (Phi) is 5.11. The van der Waals surface area contributed by atoms with Crippen molar-refractivity contribution >= 4 is 0 Å². The van der Waals surface area contributed by atoms with Crippen LogP contribution in [0.3, 0.4) is 0 Å². The number of hydrogen-bond acceptors (Lipinski definition) is 6. The zero-order valence-electron chi connectivity index (χ0n) is 16.0. The number of methoxy groups -OCH3 is 2. The predicted octanol–water partition coefficient (Wildman–Crippen LogP) is 3.70. The van der Waals surface area contributed by atoms with E-state index in [4.69, 9.17) is 13.9 Å². The summed E-state index contributed by atoms with van der Waals surface area (Å²) in [6.07, 6.45) is 5.39. The van der Waals surface area contributed by atoms with Gasteiger partial charge in [-0.3, -0.25) is 9.78 Å². The van der Waals surface area contributed by atoms with Crippen molar-refractivity contribution in [1.82, 2.24) is 15.0 Å². The summed E-state index contributed by atoms with van der Waals surface area (Å²) in [4.78, 5) is 23.4. The lowest BCUT2D eigenvalue weighted by Gasteiger charge is -2.07. The summed E-state index contributed by atoms with van der Waals surface area (Å²) in [6.45, 7) is 0. The molecule has 0 saturated carbocycles. The molecule has 7 heteroatoms. The summed E-state index contributed by atoms with van der Waals surface area (Å²) in [5.74, 6) is 2.58. The van der Waals surface area contributed by atoms with Crippen LogP contribution in [0.4, 0.5) is 0 Å². The van der Waals surface area contributed by atoms with E-state index in [-0.39, 0.29) is 5.56 Å². The van der Waals surface area contributed by atoms with Gasteiger partial charge in [0.1, 0.15) is 11.5 Å². The number of benzene rings is 1. The lowest BCUT2D eigenvalue weighted by atomic mass is 10.1. The minimum absolute atomic E-state index is 0.192. The van der Waals surface area contributed by atoms with E-state index in [9.17, 15) is 4.79 Å². The van der Waals surface area contributed by atoms with Gasteiger partial charge in [-0.25, -0.2) is 4.98 Å². The van der Waals surface area contributed by atoms with Crippen LogP contribution in [0.15, 0.2) is 70.3 Å². The second-order valence-corrected chi connectivity index (χ2v) is 6.36. The van der Waals surface area contributed by atoms with Crippen LogP contribution in [-0.2, 0) is 6.42 Å². The zero-order chi connectivity index (χ0) is 20.2. The number of nitrogens with one attached hydrogen (secondary N) is 1. The van der Waals surface area contributed by atoms with E-state index < -0.39 is 0 Å². The summed E-state index contributed by atoms with van der Waals surface area (Å²) in [5.41, 5.74) is 2.63. The van der Waals surface area contributed by atoms with E-state index in [0.717, 1.165) is 11.1 Å². The van der Waals surface area contributed by atoms with Crippen molar-refractivity contribution in [2.24, 2.45) is 0 Å². The molecule has 146 valence electrons. The fourth-order valence-electron chi connectivity index (χ4n) is 3.02. The van der Waals surface area contributed by atoms with Gasteiger partial charge in [0.15, 0.2) is 11.7 Å². The first-order chi connectivity index (χ1) is 14.2. The number of aromatic amines is 1. The lowest BCUT2D eigenvalue weighted by Crippen LogP contribution is -2.07. The minimum Gasteiger partial charge on any atom is -0.497 e. The summed E-state index contributed by atoms with van der Waals surface area (Å²) in [6, 6.07) is 12.8. The van der Waals surface area contributed by atoms with Crippen molar-refractivity contribution in [2.45, 2.75) is 6.42 Å². The van der Waals surface area contributed by atoms with E-state index in [1.807, 2.05) is 30.3 Å². The van der Waals surface area contributed by atoms with Gasteiger partial charge < -0.3 is 18.9 Å². The number of nitrogens with zero attached hydrogens (tertiary/aromatic N) is 2. The van der Waals surface area contributed by atoms with Crippen molar-refractivity contribution in [3.63, 3.8) is 0 Å². The van der Waals surface area contributed by atoms with Crippen LogP contribution >= 0.6 is 0 Å². The molecule has 3 heterocycles. The van der Waals surface area contributed by atoms with Crippen LogP contribution in [0.2, 0.25) is 0 Å². The van der Waals surface area contributed by atoms with Crippen molar-refractivity contribution in [3.8, 4) is 34.1 Å². The summed E-state index contributed by atoms with van der Waals surface area (Å²) >= 11 is 0. The molecule has 0 bridgehead atoms. The maximum absolute atomic E-state index is 12.0. The largest absolute Gasteiger partial charge is 0.497 e. The molecule has 0 aliphatic carbocycles. The first-order valence-corrected chi connectivity index (χ1v) is 8.97. The maximum Gasteiger partial charge on any atom is 0.257 e. The van der Waals surface area contributed by atoms with Gasteiger partial charge >= 0.3 is 0 Å². The second kappa shape index (κ2) is 8.02. The van der Waals surface area contributed by atoms with E-state index in [1.165, 1.54) is 0 Å². The molecule has 4 rings (SSSR count). The molecule has 4 aromatic rings. The average molecular weight is 389 g/mol. The molecule has 0 aliphatic rings. The average Bonchev–Trinajstić information content (AvgIpc) is 3.22. The fraction of sp³-hybridized carbons (Fsp3) is 0.136. The van der Waals surface area contributed by atoms with E-state index in [2.05, 4.69) is 15.0 Å². The van der Waals surface area contributed by atoms with Crippen LogP contribution in [0.5, 0.6) is 11.5 Å². The van der Waals surface area contributed by atoms with Gasteiger partial charge in [-0.2, -0.15) is 0 Å². The van der Waals surface area contributed by atoms with Crippen molar-refractivity contribution in [2.75, 3.05) is 14.2 Å². The molecule has 1 aromatic carbocycles. The Morgan fingerprint density at radius 1 is 1.03 bits per heavy atom. The Hall–Kier alpha value is -3.87. The molecule has 0 spiro atoms. The summed E-state index contributed by atoms with van der Waals surface area (Å²) in [7, 11) is 3.22. The number of rotatable bonds is 6. The van der Waals surface area contributed by atoms with Crippen molar-refractivity contribution in [1.29, 1.82) is 0 Å². The zero-order valence-corrected chi connectivity index (χ0v) is 16.0. The Balaban J connectivity index is 1.61. The van der Waals surface area contributed by atoms with Crippen LogP contribution in [-0.4, -0.2) is 29.2 Å². The number of hydrogen-bond donors (Lipinski definition) is 1. The molecule has 0 atom stereocenters. The monoisotopic (exact) mass is 389 g/mol. The molecule has 0 radical (unpaired) electrons. The smallest absolute Gasteiger partial charge is 0.257 e. The van der Waals surface area contributed by atoms with Crippen LogP contribution in [0.25, 0.3) is 22.6 Å². The first-order valence-electron chi connectivity index (χ1n) is 8.97. The first kappa shape index (κ1) is 18.5. The lowest BCUT2D eigenvalue weighted by molar-refractivity contribution is 0.393. The van der Waals surface area contributed by atoms with Crippen molar-refractivity contribution in [3.05, 3.63) is 82.9 Å². The predicted molar refractivity (Wildman–Crippen MR) is 108 cm³/mol. The number of aromatic nitrogens is 3. The van der Waals surface area contributed by atoms with Gasteiger partial charge in [-0.1, -0.05) is 0 Å². The number of pyridine rings is 2. The Labute approximate surface area is 167 Å². The molecule has 29 heavy (non-hydrogen) atoms. The molecular weight excluding hydrogens is 370 g/mol. The standard InChI is InChI=1S/C22H19N3O4/c1-27-16-8-14(9-17(12-16)28-2)10-21-25-13-20(29-21)15-5-7-23-19(11-15)18-4-3-6-24-22(18)26/h3-9,11-13H,10H2,1-2H3,(H,24,26). The normalized spacial score (nSPS) is 10.7. The van der Waals surface area contributed by atoms with Gasteiger partial charge in [-0.15, -0.1) is 0 Å². The van der Waals surface area contributed by atoms with Crippen LogP contribution in [0.1, 0.15) is 11.5 Å². The van der Waals surface area contributed by atoms with Gasteiger partial charge in [-0.05, 0) is 42.0 Å². The Morgan fingerprint density at radius 3 is 2.55 bits per heavy atom. The van der Waals surface area contributed by atoms with Gasteiger partial charge in [0.2, 0.25) is 0 Å². The number of ether oxygens (including phenoxy) is 2. The van der Waals surface area contributed by atoms with Crippen LogP contribution in [0, 0.1) is 0 Å². The van der Waals surface area contributed by atoms with Gasteiger partial charge in [0, 0.05) is 30.4 Å². The van der Waals surface area contributed by atoms with Gasteiger partial charge in [0.25, 0.3) is 5.56 Å². The Bertz CT molecular complexity index is 1170. The van der Waals surface area contributed by atoms with Crippen LogP contribution < -0.4 is 15.0 Å². The van der Waals surface area contributed by atoms with E-state index in [0.29, 0.717) is 40.8 Å². The third kappa shape index (κ3) is 4.03. The molecule has 3 aromatic heterocycles. The third-order valence-electron chi connectivity index (χ3n) is 4.46. The van der Waals surface area contributed by atoms with E-state index >= 15 is 0 Å². The quantitative estimate of drug-likeness (QED) is 0.541. The molecular formula is C22H19N3O4. The summed E-state index contributed by atoms with van der Waals surface area (Å²) < 4.78 is 16.6. The molecule has 0 saturated heterocycles. The molecule has 7 nitrogen and oxygen atoms in total. The number of oxazole rings is 1. The minimum atomic E-state index is -0.192. The third-order valence-corrected chi connectivity index (χ3v) is 4.46.